The Hall–Kier alpha value is 1.07. The normalized spacial score (nSPS) is 22.9. The molecule has 0 saturated carbocycles. The molecule has 0 aliphatic carbocycles. The Labute approximate surface area is 113 Å². The molecule has 0 aromatic heterocycles. The third-order valence-corrected chi connectivity index (χ3v) is 1.89. The second-order valence-electron chi connectivity index (χ2n) is 2.61. The van der Waals surface area contributed by atoms with Crippen LogP contribution in [0.5, 0.6) is 0 Å². The zero-order chi connectivity index (χ0) is 7.98. The van der Waals surface area contributed by atoms with Crippen LogP contribution in [0.1, 0.15) is 21.2 Å². The van der Waals surface area contributed by atoms with Crippen LogP contribution in [0.25, 0.3) is 0 Å². The number of nitrogens with zero attached hydrogens (tertiary/aromatic N) is 1. The van der Waals surface area contributed by atoms with E-state index < -0.39 is 0 Å². The van der Waals surface area contributed by atoms with Crippen LogP contribution in [0.15, 0.2) is 0 Å². The van der Waals surface area contributed by atoms with Crippen LogP contribution in [-0.4, -0.2) is 30.9 Å². The fraction of sp³-hybridized carbons (Fsp3) is 0.857. The summed E-state index contributed by atoms with van der Waals surface area (Å²) in [5.74, 6) is 0. The molecule has 1 rings (SSSR count). The molecule has 1 unspecified atom stereocenters. The molecule has 1 heterocycles. The van der Waals surface area contributed by atoms with Crippen molar-refractivity contribution in [2.75, 3.05) is 13.6 Å². The van der Waals surface area contributed by atoms with Crippen molar-refractivity contribution >= 4 is 6.41 Å². The fourth-order valence-corrected chi connectivity index (χ4v) is 1.08. The van der Waals surface area contributed by atoms with Gasteiger partial charge in [0.15, 0.2) is 0 Å². The molecular formula is C7H17KN2O. The summed E-state index contributed by atoms with van der Waals surface area (Å²) < 4.78 is 0. The first-order valence-corrected chi connectivity index (χ1v) is 3.58. The van der Waals surface area contributed by atoms with Crippen molar-refractivity contribution in [2.45, 2.75) is 25.8 Å². The number of hydrogen-bond acceptors (Lipinski definition) is 2. The van der Waals surface area contributed by atoms with E-state index in [0.717, 1.165) is 6.04 Å². The van der Waals surface area contributed by atoms with Crippen molar-refractivity contribution in [1.82, 2.24) is 4.90 Å². The third-order valence-electron chi connectivity index (χ3n) is 1.89. The Morgan fingerprint density at radius 1 is 1.73 bits per heavy atom. The minimum atomic E-state index is 0. The molecule has 1 atom stereocenters. The van der Waals surface area contributed by atoms with Crippen LogP contribution in [0.2, 0.25) is 0 Å². The summed E-state index contributed by atoms with van der Waals surface area (Å²) in [6, 6.07) is 0.847. The second-order valence-corrected chi connectivity index (χ2v) is 2.61. The quantitative estimate of drug-likeness (QED) is 0.329. The van der Waals surface area contributed by atoms with E-state index in [0.29, 0.717) is 0 Å². The van der Waals surface area contributed by atoms with Crippen molar-refractivity contribution in [3.05, 3.63) is 0 Å². The monoisotopic (exact) mass is 184 g/mol. The van der Waals surface area contributed by atoms with E-state index in [1.54, 1.807) is 0 Å². The fourth-order valence-electron chi connectivity index (χ4n) is 1.08. The van der Waals surface area contributed by atoms with Gasteiger partial charge in [-0.25, -0.2) is 0 Å². The molecule has 1 amide bonds. The van der Waals surface area contributed by atoms with Gasteiger partial charge in [-0.15, -0.1) is 0 Å². The first-order valence-electron chi connectivity index (χ1n) is 3.58. The standard InChI is InChI=1S/C6H13N.CH3NO.K.H/c1-6-4-3-5-7(6)2;2-1-3;;/h6H,3-5H2,1-2H3;1H,(H2,2,3);;/q;;+1;-1. The molecular weight excluding hydrogens is 167 g/mol. The molecule has 0 aromatic rings. The van der Waals surface area contributed by atoms with Crippen LogP contribution >= 0.6 is 0 Å². The van der Waals surface area contributed by atoms with E-state index in [-0.39, 0.29) is 59.2 Å². The molecule has 0 aromatic carbocycles. The number of hydrogen-bond donors (Lipinski definition) is 1. The van der Waals surface area contributed by atoms with Gasteiger partial charge in [0, 0.05) is 6.04 Å². The van der Waals surface area contributed by atoms with Gasteiger partial charge in [0.25, 0.3) is 0 Å². The minimum Gasteiger partial charge on any atom is -1.00 e. The molecule has 62 valence electrons. The predicted octanol–water partition coefficient (Wildman–Crippen LogP) is -2.68. The summed E-state index contributed by atoms with van der Waals surface area (Å²) in [5.41, 5.74) is 4.17. The Bertz CT molecular complexity index is 97.4. The average Bonchev–Trinajstić information content (AvgIpc) is 2.19. The first kappa shape index (κ1) is 14.6. The van der Waals surface area contributed by atoms with Crippen LogP contribution in [0.3, 0.4) is 0 Å². The molecule has 4 heteroatoms. The number of likely N-dealkylation sites (tertiary alicyclic amines) is 1. The molecule has 0 spiro atoms. The first-order chi connectivity index (χ1) is 4.72. The predicted molar refractivity (Wildman–Crippen MR) is 42.7 cm³/mol. The van der Waals surface area contributed by atoms with E-state index in [2.05, 4.69) is 24.6 Å². The van der Waals surface area contributed by atoms with Crippen molar-refractivity contribution in [3.63, 3.8) is 0 Å². The van der Waals surface area contributed by atoms with Gasteiger partial charge in [0.2, 0.25) is 6.41 Å². The molecule has 3 nitrogen and oxygen atoms in total. The maximum atomic E-state index is 8.58. The molecule has 1 saturated heterocycles. The van der Waals surface area contributed by atoms with E-state index in [1.807, 2.05) is 0 Å². The Kier molecular flexibility index (Phi) is 12.1. The summed E-state index contributed by atoms with van der Waals surface area (Å²) in [6.07, 6.45) is 3.05. The van der Waals surface area contributed by atoms with Gasteiger partial charge in [0.1, 0.15) is 0 Å². The molecule has 11 heavy (non-hydrogen) atoms. The summed E-state index contributed by atoms with van der Waals surface area (Å²) in [5, 5.41) is 0. The topological polar surface area (TPSA) is 46.3 Å². The molecule has 1 aliphatic rings. The zero-order valence-corrected chi connectivity index (χ0v) is 10.8. The van der Waals surface area contributed by atoms with E-state index >= 15 is 0 Å². The number of carbonyl (C=O) groups excluding carboxylic acids is 1. The smallest absolute Gasteiger partial charge is 1.00 e. The van der Waals surface area contributed by atoms with Crippen LogP contribution in [-0.2, 0) is 4.79 Å². The van der Waals surface area contributed by atoms with Crippen molar-refractivity contribution in [3.8, 4) is 0 Å². The number of carbonyl (C=O) groups is 1. The summed E-state index contributed by atoms with van der Waals surface area (Å²) >= 11 is 0. The zero-order valence-electron chi connectivity index (χ0n) is 8.71. The molecule has 0 radical (unpaired) electrons. The van der Waals surface area contributed by atoms with Gasteiger partial charge in [-0.1, -0.05) is 0 Å². The molecule has 1 fully saturated rings. The maximum absolute atomic E-state index is 8.58. The van der Waals surface area contributed by atoms with Crippen molar-refractivity contribution in [2.24, 2.45) is 5.73 Å². The average molecular weight is 184 g/mol. The summed E-state index contributed by atoms with van der Waals surface area (Å²) in [7, 11) is 2.19. The Morgan fingerprint density at radius 3 is 2.27 bits per heavy atom. The number of amides is 1. The van der Waals surface area contributed by atoms with Crippen LogP contribution in [0.4, 0.5) is 0 Å². The van der Waals surface area contributed by atoms with Crippen molar-refractivity contribution < 1.29 is 57.6 Å². The Balaban J connectivity index is -0.000000146. The third kappa shape index (κ3) is 7.43. The van der Waals surface area contributed by atoms with Gasteiger partial charge < -0.3 is 12.1 Å². The molecule has 1 aliphatic heterocycles. The number of nitrogens with two attached hydrogens (primary N) is 1. The molecule has 0 bridgehead atoms. The number of primary amides is 1. The summed E-state index contributed by atoms with van der Waals surface area (Å²) in [4.78, 5) is 11.0. The van der Waals surface area contributed by atoms with Crippen LogP contribution < -0.4 is 57.1 Å². The van der Waals surface area contributed by atoms with Crippen LogP contribution in [0, 0.1) is 0 Å². The number of rotatable bonds is 0. The van der Waals surface area contributed by atoms with Gasteiger partial charge in [-0.05, 0) is 33.4 Å². The maximum Gasteiger partial charge on any atom is 1.00 e. The van der Waals surface area contributed by atoms with Gasteiger partial charge in [0.05, 0.1) is 0 Å². The minimum absolute atomic E-state index is 0. The van der Waals surface area contributed by atoms with E-state index in [4.69, 9.17) is 4.79 Å². The molecule has 2 N–H and O–H groups in total. The van der Waals surface area contributed by atoms with Gasteiger partial charge in [-0.2, -0.15) is 0 Å². The SMILES string of the molecule is CC1CCCN1C.NC=O.[H-].[K+]. The largest absolute Gasteiger partial charge is 1.00 e. The van der Waals surface area contributed by atoms with Gasteiger partial charge >= 0.3 is 51.4 Å². The summed E-state index contributed by atoms with van der Waals surface area (Å²) in [6.45, 7) is 3.59. The van der Waals surface area contributed by atoms with E-state index in [9.17, 15) is 0 Å². The second kappa shape index (κ2) is 9.16. The van der Waals surface area contributed by atoms with Crippen molar-refractivity contribution in [1.29, 1.82) is 0 Å². The Morgan fingerprint density at radius 2 is 2.18 bits per heavy atom. The van der Waals surface area contributed by atoms with Gasteiger partial charge in [-0.3, -0.25) is 4.79 Å². The van der Waals surface area contributed by atoms with E-state index in [1.165, 1.54) is 19.4 Å².